The van der Waals surface area contributed by atoms with E-state index in [0.717, 1.165) is 11.1 Å². The fourth-order valence-electron chi connectivity index (χ4n) is 1.48. The van der Waals surface area contributed by atoms with Crippen molar-refractivity contribution in [3.63, 3.8) is 0 Å². The SMILES string of the molecule is CNS(=O)(=O)c1cc(CNC(C)C)ccc1C. The quantitative estimate of drug-likeness (QED) is 0.837. The Hall–Kier alpha value is -0.910. The molecule has 17 heavy (non-hydrogen) atoms. The van der Waals surface area contributed by atoms with Gasteiger partial charge in [-0.1, -0.05) is 26.0 Å². The molecule has 0 fully saturated rings. The first-order valence-corrected chi connectivity index (χ1v) is 7.11. The summed E-state index contributed by atoms with van der Waals surface area (Å²) in [6.45, 7) is 6.58. The predicted molar refractivity (Wildman–Crippen MR) is 69.4 cm³/mol. The monoisotopic (exact) mass is 256 g/mol. The Kier molecular flexibility index (Phi) is 4.68. The Morgan fingerprint density at radius 3 is 2.47 bits per heavy atom. The second kappa shape index (κ2) is 5.62. The maximum absolute atomic E-state index is 11.8. The Bertz CT molecular complexity index is 481. The number of hydrogen-bond acceptors (Lipinski definition) is 3. The molecule has 1 aromatic rings. The van der Waals surface area contributed by atoms with E-state index in [9.17, 15) is 8.42 Å². The van der Waals surface area contributed by atoms with E-state index in [1.54, 1.807) is 13.0 Å². The van der Waals surface area contributed by atoms with E-state index in [1.165, 1.54) is 7.05 Å². The minimum atomic E-state index is -3.37. The van der Waals surface area contributed by atoms with Gasteiger partial charge in [0.2, 0.25) is 10.0 Å². The molecule has 5 heteroatoms. The highest BCUT2D eigenvalue weighted by Gasteiger charge is 2.14. The van der Waals surface area contributed by atoms with Gasteiger partial charge in [-0.2, -0.15) is 0 Å². The lowest BCUT2D eigenvalue weighted by Gasteiger charge is -2.11. The molecule has 0 unspecified atom stereocenters. The molecule has 0 aromatic heterocycles. The van der Waals surface area contributed by atoms with Crippen LogP contribution >= 0.6 is 0 Å². The highest BCUT2D eigenvalue weighted by atomic mass is 32.2. The van der Waals surface area contributed by atoms with Crippen molar-refractivity contribution in [1.82, 2.24) is 10.0 Å². The van der Waals surface area contributed by atoms with E-state index in [2.05, 4.69) is 23.9 Å². The number of hydrogen-bond donors (Lipinski definition) is 2. The molecular weight excluding hydrogens is 236 g/mol. The fourth-order valence-corrected chi connectivity index (χ4v) is 2.49. The van der Waals surface area contributed by atoms with E-state index in [0.29, 0.717) is 17.5 Å². The highest BCUT2D eigenvalue weighted by molar-refractivity contribution is 7.89. The number of aryl methyl sites for hydroxylation is 1. The molecule has 0 bridgehead atoms. The van der Waals surface area contributed by atoms with Crippen molar-refractivity contribution in [2.45, 2.75) is 38.3 Å². The lowest BCUT2D eigenvalue weighted by atomic mass is 10.1. The van der Waals surface area contributed by atoms with Crippen molar-refractivity contribution < 1.29 is 8.42 Å². The summed E-state index contributed by atoms with van der Waals surface area (Å²) >= 11 is 0. The molecule has 0 heterocycles. The van der Waals surface area contributed by atoms with Gasteiger partial charge in [0.25, 0.3) is 0 Å². The summed E-state index contributed by atoms with van der Waals surface area (Å²) in [5.41, 5.74) is 1.73. The molecule has 0 amide bonds. The molecule has 0 spiro atoms. The van der Waals surface area contributed by atoms with Crippen LogP contribution in [-0.4, -0.2) is 21.5 Å². The van der Waals surface area contributed by atoms with Crippen LogP contribution in [0.1, 0.15) is 25.0 Å². The first-order valence-electron chi connectivity index (χ1n) is 5.63. The zero-order chi connectivity index (χ0) is 13.1. The van der Waals surface area contributed by atoms with Gasteiger partial charge >= 0.3 is 0 Å². The lowest BCUT2D eigenvalue weighted by molar-refractivity contribution is 0.583. The fraction of sp³-hybridized carbons (Fsp3) is 0.500. The summed E-state index contributed by atoms with van der Waals surface area (Å²) in [6.07, 6.45) is 0. The van der Waals surface area contributed by atoms with Gasteiger partial charge < -0.3 is 5.32 Å². The molecule has 1 rings (SSSR count). The number of nitrogens with one attached hydrogen (secondary N) is 2. The average molecular weight is 256 g/mol. The van der Waals surface area contributed by atoms with Crippen molar-refractivity contribution >= 4 is 10.0 Å². The van der Waals surface area contributed by atoms with Gasteiger partial charge in [-0.3, -0.25) is 0 Å². The number of rotatable bonds is 5. The molecule has 0 aliphatic rings. The van der Waals surface area contributed by atoms with E-state index in [4.69, 9.17) is 0 Å². The standard InChI is InChI=1S/C12H20N2O2S/c1-9(2)14-8-11-6-5-10(3)12(7-11)17(15,16)13-4/h5-7,9,13-14H,8H2,1-4H3. The Labute approximate surface area is 103 Å². The van der Waals surface area contributed by atoms with Crippen LogP contribution in [0.5, 0.6) is 0 Å². The van der Waals surface area contributed by atoms with Gasteiger partial charge in [0.05, 0.1) is 4.90 Å². The van der Waals surface area contributed by atoms with Crippen molar-refractivity contribution in [2.75, 3.05) is 7.05 Å². The summed E-state index contributed by atoms with van der Waals surface area (Å²) in [7, 11) is -1.94. The molecule has 0 aliphatic heterocycles. The second-order valence-corrected chi connectivity index (χ2v) is 6.20. The second-order valence-electron chi connectivity index (χ2n) is 4.34. The molecule has 0 aliphatic carbocycles. The first-order chi connectivity index (χ1) is 7.86. The third-order valence-electron chi connectivity index (χ3n) is 2.53. The van der Waals surface area contributed by atoms with E-state index in [-0.39, 0.29) is 0 Å². The Morgan fingerprint density at radius 2 is 1.94 bits per heavy atom. The smallest absolute Gasteiger partial charge is 0.240 e. The van der Waals surface area contributed by atoms with Crippen LogP contribution in [0.2, 0.25) is 0 Å². The average Bonchev–Trinajstić information content (AvgIpc) is 2.27. The minimum absolute atomic E-state index is 0.350. The maximum Gasteiger partial charge on any atom is 0.240 e. The Morgan fingerprint density at radius 1 is 1.29 bits per heavy atom. The van der Waals surface area contributed by atoms with Crippen LogP contribution in [0, 0.1) is 6.92 Å². The summed E-state index contributed by atoms with van der Waals surface area (Å²) in [6, 6.07) is 5.87. The van der Waals surface area contributed by atoms with Crippen LogP contribution in [0.4, 0.5) is 0 Å². The summed E-state index contributed by atoms with van der Waals surface area (Å²) < 4.78 is 25.9. The molecular formula is C12H20N2O2S. The third-order valence-corrected chi connectivity index (χ3v) is 4.08. The predicted octanol–water partition coefficient (Wildman–Crippen LogP) is 1.40. The van der Waals surface area contributed by atoms with Crippen molar-refractivity contribution in [3.05, 3.63) is 29.3 Å². The van der Waals surface area contributed by atoms with Crippen molar-refractivity contribution in [1.29, 1.82) is 0 Å². The summed E-state index contributed by atoms with van der Waals surface area (Å²) in [5.74, 6) is 0. The van der Waals surface area contributed by atoms with Crippen LogP contribution in [0.15, 0.2) is 23.1 Å². The van der Waals surface area contributed by atoms with Crippen molar-refractivity contribution in [3.8, 4) is 0 Å². The van der Waals surface area contributed by atoms with Gasteiger partial charge in [0.1, 0.15) is 0 Å². The lowest BCUT2D eigenvalue weighted by Crippen LogP contribution is -2.23. The van der Waals surface area contributed by atoms with E-state index < -0.39 is 10.0 Å². The zero-order valence-corrected chi connectivity index (χ0v) is 11.6. The number of benzene rings is 1. The third kappa shape index (κ3) is 3.80. The largest absolute Gasteiger partial charge is 0.310 e. The first kappa shape index (κ1) is 14.2. The van der Waals surface area contributed by atoms with E-state index in [1.807, 2.05) is 12.1 Å². The molecule has 0 atom stereocenters. The highest BCUT2D eigenvalue weighted by Crippen LogP contribution is 2.16. The van der Waals surface area contributed by atoms with E-state index >= 15 is 0 Å². The minimum Gasteiger partial charge on any atom is -0.310 e. The molecule has 0 saturated carbocycles. The summed E-state index contributed by atoms with van der Waals surface area (Å²) in [4.78, 5) is 0.350. The summed E-state index contributed by atoms with van der Waals surface area (Å²) in [5, 5.41) is 3.26. The van der Waals surface area contributed by atoms with Crippen LogP contribution in [-0.2, 0) is 16.6 Å². The van der Waals surface area contributed by atoms with Crippen LogP contribution in [0.3, 0.4) is 0 Å². The van der Waals surface area contributed by atoms with Crippen LogP contribution in [0.25, 0.3) is 0 Å². The Balaban J connectivity index is 3.03. The van der Waals surface area contributed by atoms with Gasteiger partial charge in [-0.25, -0.2) is 13.1 Å². The molecule has 0 radical (unpaired) electrons. The normalized spacial score (nSPS) is 12.1. The number of sulfonamides is 1. The molecule has 4 nitrogen and oxygen atoms in total. The van der Waals surface area contributed by atoms with Gasteiger partial charge in [0.15, 0.2) is 0 Å². The zero-order valence-electron chi connectivity index (χ0n) is 10.7. The van der Waals surface area contributed by atoms with Crippen molar-refractivity contribution in [2.24, 2.45) is 0 Å². The molecule has 96 valence electrons. The maximum atomic E-state index is 11.8. The van der Waals surface area contributed by atoms with Gasteiger partial charge in [0, 0.05) is 12.6 Å². The topological polar surface area (TPSA) is 58.2 Å². The van der Waals surface area contributed by atoms with Gasteiger partial charge in [-0.05, 0) is 31.2 Å². The molecule has 0 saturated heterocycles. The molecule has 2 N–H and O–H groups in total. The molecule has 1 aromatic carbocycles. The van der Waals surface area contributed by atoms with Crippen LogP contribution < -0.4 is 10.0 Å². The van der Waals surface area contributed by atoms with Gasteiger partial charge in [-0.15, -0.1) is 0 Å².